The maximum absolute atomic E-state index is 11.1. The number of benzene rings is 2. The van der Waals surface area contributed by atoms with Crippen LogP contribution in [0, 0.1) is 0 Å². The van der Waals surface area contributed by atoms with Gasteiger partial charge >= 0.3 is 0 Å². The Balaban J connectivity index is 2.32. The van der Waals surface area contributed by atoms with Crippen molar-refractivity contribution in [1.29, 1.82) is 0 Å². The highest BCUT2D eigenvalue weighted by atomic mass is 16.5. The molecule has 0 amide bonds. The molecule has 2 aromatic rings. The molecule has 0 spiro atoms. The Bertz CT molecular complexity index is 830. The van der Waals surface area contributed by atoms with Gasteiger partial charge in [0, 0.05) is 16.8 Å². The number of aromatic hydroxyl groups is 1. The summed E-state index contributed by atoms with van der Waals surface area (Å²) in [5.74, 6) is 1.09. The van der Waals surface area contributed by atoms with Crippen molar-refractivity contribution in [1.82, 2.24) is 0 Å². The Kier molecular flexibility index (Phi) is 3.71. The van der Waals surface area contributed by atoms with Crippen LogP contribution in [-0.4, -0.2) is 17.9 Å². The Labute approximate surface area is 144 Å². The average molecular weight is 323 g/mol. The van der Waals surface area contributed by atoms with Crippen molar-refractivity contribution >= 4 is 11.4 Å². The number of fused-ring (bicyclic) bond motifs is 1. The first-order valence-electron chi connectivity index (χ1n) is 8.27. The maximum Gasteiger partial charge on any atom is 0.124 e. The second kappa shape index (κ2) is 5.37. The molecule has 0 radical (unpaired) electrons. The van der Waals surface area contributed by atoms with Crippen LogP contribution < -0.4 is 4.74 Å². The van der Waals surface area contributed by atoms with Crippen LogP contribution in [0.25, 0.3) is 0 Å². The highest BCUT2D eigenvalue weighted by Gasteiger charge is 2.41. The molecule has 1 unspecified atom stereocenters. The van der Waals surface area contributed by atoms with E-state index in [0.29, 0.717) is 5.75 Å². The highest BCUT2D eigenvalue weighted by Crippen LogP contribution is 2.50. The van der Waals surface area contributed by atoms with Crippen LogP contribution in [0.3, 0.4) is 0 Å². The normalized spacial score (nSPS) is 19.8. The molecule has 1 N–H and O–H groups in total. The fourth-order valence-corrected chi connectivity index (χ4v) is 3.50. The molecular weight excluding hydrogens is 298 g/mol. The Morgan fingerprint density at radius 2 is 1.75 bits per heavy atom. The number of para-hydroxylation sites is 1. The van der Waals surface area contributed by atoms with Gasteiger partial charge in [-0.15, -0.1) is 0 Å². The van der Waals surface area contributed by atoms with Crippen molar-refractivity contribution in [2.45, 2.75) is 45.4 Å². The average Bonchev–Trinajstić information content (AvgIpc) is 2.79. The monoisotopic (exact) mass is 323 g/mol. The first-order chi connectivity index (χ1) is 11.2. The van der Waals surface area contributed by atoms with Crippen LogP contribution in [0.2, 0.25) is 0 Å². The lowest BCUT2D eigenvalue weighted by atomic mass is 9.71. The first-order valence-corrected chi connectivity index (χ1v) is 8.27. The van der Waals surface area contributed by atoms with Crippen LogP contribution in [0.4, 0.5) is 5.69 Å². The predicted octanol–water partition coefficient (Wildman–Crippen LogP) is 5.11. The summed E-state index contributed by atoms with van der Waals surface area (Å²) in [5, 5.41) is 11.1. The molecule has 0 saturated carbocycles. The summed E-state index contributed by atoms with van der Waals surface area (Å²) in [7, 11) is 1.66. The Morgan fingerprint density at radius 3 is 2.38 bits per heavy atom. The van der Waals surface area contributed by atoms with Crippen molar-refractivity contribution in [2.75, 3.05) is 7.11 Å². The van der Waals surface area contributed by atoms with E-state index in [1.165, 1.54) is 0 Å². The van der Waals surface area contributed by atoms with Gasteiger partial charge in [-0.1, -0.05) is 39.0 Å². The number of hydrogen-bond donors (Lipinski definition) is 1. The quantitative estimate of drug-likeness (QED) is 0.834. The van der Waals surface area contributed by atoms with Gasteiger partial charge in [-0.05, 0) is 43.0 Å². The van der Waals surface area contributed by atoms with E-state index in [1.807, 2.05) is 37.3 Å². The van der Waals surface area contributed by atoms with E-state index in [2.05, 4.69) is 33.8 Å². The summed E-state index contributed by atoms with van der Waals surface area (Å²) in [6, 6.07) is 12.0. The van der Waals surface area contributed by atoms with Gasteiger partial charge < -0.3 is 9.84 Å². The summed E-state index contributed by atoms with van der Waals surface area (Å²) in [5.41, 5.74) is 4.14. The molecule has 2 aromatic carbocycles. The molecular formula is C21H25NO2. The lowest BCUT2D eigenvalue weighted by molar-refractivity contribution is 0.400. The SMILES string of the molecule is COc1cc(C(C)(C)C)c(O)c(C2(C)C(C)=Nc3ccccc32)c1. The first kappa shape index (κ1) is 16.6. The van der Waals surface area contributed by atoms with Gasteiger partial charge in [0.05, 0.1) is 18.2 Å². The number of ether oxygens (including phenoxy) is 1. The molecule has 126 valence electrons. The Morgan fingerprint density at radius 1 is 1.08 bits per heavy atom. The predicted molar refractivity (Wildman–Crippen MR) is 99.0 cm³/mol. The molecule has 3 heteroatoms. The number of phenols is 1. The largest absolute Gasteiger partial charge is 0.507 e. The third-order valence-corrected chi connectivity index (χ3v) is 5.12. The van der Waals surface area contributed by atoms with E-state index < -0.39 is 5.41 Å². The lowest BCUT2D eigenvalue weighted by Gasteiger charge is -2.31. The number of hydrogen-bond acceptors (Lipinski definition) is 3. The van der Waals surface area contributed by atoms with Crippen LogP contribution in [0.15, 0.2) is 41.4 Å². The zero-order valence-corrected chi connectivity index (χ0v) is 15.3. The van der Waals surface area contributed by atoms with Crippen LogP contribution in [-0.2, 0) is 10.8 Å². The smallest absolute Gasteiger partial charge is 0.124 e. The zero-order valence-electron chi connectivity index (χ0n) is 15.3. The number of nitrogens with zero attached hydrogens (tertiary/aromatic N) is 1. The van der Waals surface area contributed by atoms with E-state index in [0.717, 1.165) is 33.8 Å². The maximum atomic E-state index is 11.1. The van der Waals surface area contributed by atoms with Gasteiger partial charge in [0.1, 0.15) is 11.5 Å². The molecule has 1 aliphatic rings. The van der Waals surface area contributed by atoms with Gasteiger partial charge in [-0.25, -0.2) is 0 Å². The fraction of sp³-hybridized carbons (Fsp3) is 0.381. The molecule has 24 heavy (non-hydrogen) atoms. The van der Waals surface area contributed by atoms with Crippen molar-refractivity contribution in [3.8, 4) is 11.5 Å². The van der Waals surface area contributed by atoms with Gasteiger partial charge in [0.2, 0.25) is 0 Å². The van der Waals surface area contributed by atoms with Crippen LogP contribution in [0.1, 0.15) is 51.3 Å². The molecule has 1 atom stereocenters. The summed E-state index contributed by atoms with van der Waals surface area (Å²) in [6.07, 6.45) is 0. The van der Waals surface area contributed by atoms with Gasteiger partial charge in [-0.2, -0.15) is 0 Å². The minimum absolute atomic E-state index is 0.188. The van der Waals surface area contributed by atoms with E-state index in [-0.39, 0.29) is 5.41 Å². The standard InChI is InChI=1S/C21H25NO2/c1-13-21(5,15-9-7-8-10-18(15)22-13)17-12-14(24-6)11-16(19(17)23)20(2,3)4/h7-12,23H,1-6H3. The number of methoxy groups -OCH3 is 1. The molecule has 3 rings (SSSR count). The minimum atomic E-state index is -0.463. The number of rotatable bonds is 2. The number of phenolic OH excluding ortho intramolecular Hbond substituents is 1. The van der Waals surface area contributed by atoms with Crippen molar-refractivity contribution in [3.63, 3.8) is 0 Å². The van der Waals surface area contributed by atoms with Gasteiger partial charge in [-0.3, -0.25) is 4.99 Å². The third kappa shape index (κ3) is 2.31. The highest BCUT2D eigenvalue weighted by molar-refractivity contribution is 6.03. The lowest BCUT2D eigenvalue weighted by Crippen LogP contribution is -2.30. The van der Waals surface area contributed by atoms with Crippen LogP contribution >= 0.6 is 0 Å². The van der Waals surface area contributed by atoms with Crippen molar-refractivity contribution in [3.05, 3.63) is 53.1 Å². The molecule has 0 fully saturated rings. The van der Waals surface area contributed by atoms with E-state index in [4.69, 9.17) is 9.73 Å². The summed E-state index contributed by atoms with van der Waals surface area (Å²) in [6.45, 7) is 10.4. The minimum Gasteiger partial charge on any atom is -0.507 e. The molecule has 0 aromatic heterocycles. The Hall–Kier alpha value is -2.29. The molecule has 3 nitrogen and oxygen atoms in total. The van der Waals surface area contributed by atoms with Crippen molar-refractivity contribution in [2.24, 2.45) is 4.99 Å². The third-order valence-electron chi connectivity index (χ3n) is 5.12. The van der Waals surface area contributed by atoms with Gasteiger partial charge in [0.25, 0.3) is 0 Å². The second-order valence-electron chi connectivity index (χ2n) is 7.66. The van der Waals surface area contributed by atoms with E-state index >= 15 is 0 Å². The molecule has 1 aliphatic heterocycles. The van der Waals surface area contributed by atoms with E-state index in [1.54, 1.807) is 7.11 Å². The number of aliphatic imine (C=N–C) groups is 1. The molecule has 0 aliphatic carbocycles. The van der Waals surface area contributed by atoms with Crippen LogP contribution in [0.5, 0.6) is 11.5 Å². The summed E-state index contributed by atoms with van der Waals surface area (Å²) >= 11 is 0. The molecule has 0 saturated heterocycles. The summed E-state index contributed by atoms with van der Waals surface area (Å²) in [4.78, 5) is 4.73. The summed E-state index contributed by atoms with van der Waals surface area (Å²) < 4.78 is 5.52. The van der Waals surface area contributed by atoms with Crippen molar-refractivity contribution < 1.29 is 9.84 Å². The zero-order chi connectivity index (χ0) is 17.7. The topological polar surface area (TPSA) is 41.8 Å². The molecule has 1 heterocycles. The molecule has 0 bridgehead atoms. The van der Waals surface area contributed by atoms with Gasteiger partial charge in [0.15, 0.2) is 0 Å². The fourth-order valence-electron chi connectivity index (χ4n) is 3.50. The van der Waals surface area contributed by atoms with E-state index in [9.17, 15) is 5.11 Å². The second-order valence-corrected chi connectivity index (χ2v) is 7.66.